The highest BCUT2D eigenvalue weighted by atomic mass is 32.1. The van der Waals surface area contributed by atoms with Crippen LogP contribution in [0.5, 0.6) is 5.75 Å². The number of aromatic nitrogens is 2. The first-order valence-electron chi connectivity index (χ1n) is 10.5. The molecule has 0 bridgehead atoms. The van der Waals surface area contributed by atoms with Crippen LogP contribution in [0.15, 0.2) is 60.7 Å². The normalized spacial score (nSPS) is 11.5. The van der Waals surface area contributed by atoms with Crippen molar-refractivity contribution >= 4 is 34.8 Å². The monoisotopic (exact) mass is 435 g/mol. The predicted octanol–water partition coefficient (Wildman–Crippen LogP) is 5.24. The van der Waals surface area contributed by atoms with Gasteiger partial charge in [0, 0.05) is 23.5 Å². The second kappa shape index (κ2) is 11.3. The van der Waals surface area contributed by atoms with Crippen LogP contribution in [0.1, 0.15) is 31.5 Å². The van der Waals surface area contributed by atoms with E-state index in [4.69, 9.17) is 17.0 Å². The number of nitrogens with zero attached hydrogens (tertiary/aromatic N) is 2. The van der Waals surface area contributed by atoms with Crippen LogP contribution in [-0.2, 0) is 6.42 Å². The molecule has 3 rings (SSSR count). The van der Waals surface area contributed by atoms with E-state index in [0.717, 1.165) is 30.0 Å². The molecule has 1 heterocycles. The summed E-state index contributed by atoms with van der Waals surface area (Å²) in [6, 6.07) is 20.3. The van der Waals surface area contributed by atoms with Crippen molar-refractivity contribution in [3.63, 3.8) is 0 Å². The molecule has 0 amide bonds. The molecule has 0 unspecified atom stereocenters. The highest BCUT2D eigenvalue weighted by Crippen LogP contribution is 2.20. The lowest BCUT2D eigenvalue weighted by Crippen LogP contribution is -2.36. The Bertz CT molecular complexity index is 979. The second-order valence-electron chi connectivity index (χ2n) is 7.32. The molecule has 6 nitrogen and oxygen atoms in total. The second-order valence-corrected chi connectivity index (χ2v) is 7.73. The zero-order valence-electron chi connectivity index (χ0n) is 18.2. The van der Waals surface area contributed by atoms with Crippen LogP contribution in [0.3, 0.4) is 0 Å². The first kappa shape index (κ1) is 22.5. The van der Waals surface area contributed by atoms with Gasteiger partial charge in [0.15, 0.2) is 5.11 Å². The van der Waals surface area contributed by atoms with Gasteiger partial charge in [-0.3, -0.25) is 0 Å². The Balaban J connectivity index is 1.54. The minimum Gasteiger partial charge on any atom is -0.494 e. The molecule has 31 heavy (non-hydrogen) atoms. The van der Waals surface area contributed by atoms with E-state index in [-0.39, 0.29) is 6.04 Å². The number of aryl methyl sites for hydroxylation is 2. The van der Waals surface area contributed by atoms with E-state index in [2.05, 4.69) is 57.1 Å². The third-order valence-electron chi connectivity index (χ3n) is 4.60. The van der Waals surface area contributed by atoms with E-state index < -0.39 is 0 Å². The molecule has 0 radical (unpaired) electrons. The minimum atomic E-state index is 0.228. The fourth-order valence-electron chi connectivity index (χ4n) is 3.10. The van der Waals surface area contributed by atoms with Crippen molar-refractivity contribution in [1.29, 1.82) is 0 Å². The summed E-state index contributed by atoms with van der Waals surface area (Å²) in [5.41, 5.74) is 3.08. The Morgan fingerprint density at radius 1 is 1.06 bits per heavy atom. The average Bonchev–Trinajstić information content (AvgIpc) is 2.74. The van der Waals surface area contributed by atoms with E-state index in [1.807, 2.05) is 50.2 Å². The number of hydrogen-bond acceptors (Lipinski definition) is 5. The SMILES string of the molecule is CCOc1ccc(Nc2cc(C)nc(NC(=S)N[C@@H](C)CCc3ccccc3)n2)cc1. The van der Waals surface area contributed by atoms with Crippen LogP contribution in [0, 0.1) is 6.92 Å². The van der Waals surface area contributed by atoms with Crippen LogP contribution in [0.25, 0.3) is 0 Å². The Morgan fingerprint density at radius 3 is 2.52 bits per heavy atom. The Kier molecular flexibility index (Phi) is 8.18. The first-order valence-corrected chi connectivity index (χ1v) is 10.9. The van der Waals surface area contributed by atoms with Gasteiger partial charge >= 0.3 is 0 Å². The van der Waals surface area contributed by atoms with Crippen molar-refractivity contribution in [2.45, 2.75) is 39.7 Å². The van der Waals surface area contributed by atoms with Gasteiger partial charge in [-0.15, -0.1) is 0 Å². The van der Waals surface area contributed by atoms with Gasteiger partial charge < -0.3 is 20.7 Å². The summed E-state index contributed by atoms with van der Waals surface area (Å²) in [6.45, 7) is 6.65. The van der Waals surface area contributed by atoms with E-state index in [1.165, 1.54) is 5.56 Å². The fourth-order valence-corrected chi connectivity index (χ4v) is 3.39. The Labute approximate surface area is 189 Å². The summed E-state index contributed by atoms with van der Waals surface area (Å²) in [7, 11) is 0. The zero-order chi connectivity index (χ0) is 22.1. The molecule has 162 valence electrons. The number of ether oxygens (including phenoxy) is 1. The summed E-state index contributed by atoms with van der Waals surface area (Å²) in [5.74, 6) is 1.99. The van der Waals surface area contributed by atoms with Gasteiger partial charge in [0.05, 0.1) is 6.61 Å². The zero-order valence-corrected chi connectivity index (χ0v) is 19.0. The Morgan fingerprint density at radius 2 is 1.81 bits per heavy atom. The third-order valence-corrected chi connectivity index (χ3v) is 4.82. The largest absolute Gasteiger partial charge is 0.494 e. The average molecular weight is 436 g/mol. The van der Waals surface area contributed by atoms with Gasteiger partial charge in [-0.05, 0) is 75.7 Å². The number of nitrogens with one attached hydrogen (secondary N) is 3. The van der Waals surface area contributed by atoms with Gasteiger partial charge in [-0.25, -0.2) is 4.98 Å². The molecule has 0 saturated heterocycles. The summed E-state index contributed by atoms with van der Waals surface area (Å²) < 4.78 is 5.48. The molecule has 2 aromatic carbocycles. The van der Waals surface area contributed by atoms with Gasteiger partial charge in [0.25, 0.3) is 0 Å². The molecule has 1 aromatic heterocycles. The molecule has 0 spiro atoms. The Hall–Kier alpha value is -3.19. The highest BCUT2D eigenvalue weighted by Gasteiger charge is 2.08. The molecule has 7 heteroatoms. The maximum absolute atomic E-state index is 5.48. The van der Waals surface area contributed by atoms with Crippen molar-refractivity contribution in [3.05, 3.63) is 71.9 Å². The van der Waals surface area contributed by atoms with Crippen LogP contribution in [-0.4, -0.2) is 27.7 Å². The molecule has 0 aliphatic rings. The summed E-state index contributed by atoms with van der Waals surface area (Å²) >= 11 is 5.46. The molecular weight excluding hydrogens is 406 g/mol. The number of anilines is 3. The van der Waals surface area contributed by atoms with Gasteiger partial charge in [0.1, 0.15) is 11.6 Å². The summed E-state index contributed by atoms with van der Waals surface area (Å²) in [6.07, 6.45) is 1.97. The predicted molar refractivity (Wildman–Crippen MR) is 131 cm³/mol. The maximum atomic E-state index is 5.48. The van der Waals surface area contributed by atoms with Crippen LogP contribution in [0.2, 0.25) is 0 Å². The molecule has 0 aliphatic carbocycles. The molecule has 0 aliphatic heterocycles. The number of rotatable bonds is 9. The van der Waals surface area contributed by atoms with Crippen molar-refractivity contribution in [1.82, 2.24) is 15.3 Å². The third kappa shape index (κ3) is 7.53. The smallest absolute Gasteiger partial charge is 0.231 e. The summed E-state index contributed by atoms with van der Waals surface area (Å²) in [5, 5.41) is 10.2. The van der Waals surface area contributed by atoms with Crippen molar-refractivity contribution in [3.8, 4) is 5.75 Å². The fraction of sp³-hybridized carbons (Fsp3) is 0.292. The van der Waals surface area contributed by atoms with E-state index >= 15 is 0 Å². The number of hydrogen-bond donors (Lipinski definition) is 3. The minimum absolute atomic E-state index is 0.228. The molecule has 1 atom stereocenters. The lowest BCUT2D eigenvalue weighted by Gasteiger charge is -2.17. The van der Waals surface area contributed by atoms with Crippen LogP contribution in [0.4, 0.5) is 17.5 Å². The number of thiocarbonyl (C=S) groups is 1. The lowest BCUT2D eigenvalue weighted by molar-refractivity contribution is 0.340. The van der Waals surface area contributed by atoms with Gasteiger partial charge in [-0.2, -0.15) is 4.98 Å². The van der Waals surface area contributed by atoms with Crippen LogP contribution < -0.4 is 20.7 Å². The van der Waals surface area contributed by atoms with E-state index in [1.54, 1.807) is 0 Å². The topological polar surface area (TPSA) is 71.1 Å². The molecular formula is C24H29N5OS. The lowest BCUT2D eigenvalue weighted by atomic mass is 10.1. The van der Waals surface area contributed by atoms with Crippen molar-refractivity contribution in [2.24, 2.45) is 0 Å². The first-order chi connectivity index (χ1) is 15.0. The standard InChI is InChI=1S/C24H29N5OS/c1-4-30-21-14-12-20(13-15-21)27-22-16-18(3)25-23(28-22)29-24(31)26-17(2)10-11-19-8-6-5-7-9-19/h5-9,12-17H,4,10-11H2,1-3H3,(H3,25,26,27,28,29,31)/t17-/m0/s1. The van der Waals surface area contributed by atoms with E-state index in [9.17, 15) is 0 Å². The molecule has 0 fully saturated rings. The van der Waals surface area contributed by atoms with Crippen LogP contribution >= 0.6 is 12.2 Å². The molecule has 3 N–H and O–H groups in total. The van der Waals surface area contributed by atoms with Gasteiger partial charge in [-0.1, -0.05) is 30.3 Å². The van der Waals surface area contributed by atoms with Crippen molar-refractivity contribution in [2.75, 3.05) is 17.2 Å². The number of benzene rings is 2. The quantitative estimate of drug-likeness (QED) is 0.397. The summed E-state index contributed by atoms with van der Waals surface area (Å²) in [4.78, 5) is 8.98. The highest BCUT2D eigenvalue weighted by molar-refractivity contribution is 7.80. The molecule has 0 saturated carbocycles. The van der Waals surface area contributed by atoms with Crippen molar-refractivity contribution < 1.29 is 4.74 Å². The van der Waals surface area contributed by atoms with E-state index in [0.29, 0.717) is 23.5 Å². The molecule has 3 aromatic rings. The maximum Gasteiger partial charge on any atom is 0.231 e. The van der Waals surface area contributed by atoms with Gasteiger partial charge in [0.2, 0.25) is 5.95 Å².